The monoisotopic (exact) mass is 283 g/mol. The summed E-state index contributed by atoms with van der Waals surface area (Å²) in [5, 5.41) is 5.42. The van der Waals surface area contributed by atoms with Gasteiger partial charge in [0.2, 0.25) is 10.8 Å². The Balaban J connectivity index is 2.35. The molecule has 0 radical (unpaired) electrons. The van der Waals surface area contributed by atoms with Crippen LogP contribution in [0, 0.1) is 0 Å². The number of furan rings is 1. The van der Waals surface area contributed by atoms with Gasteiger partial charge >= 0.3 is 0 Å². The first-order valence-corrected chi connectivity index (χ1v) is 7.62. The Morgan fingerprint density at radius 1 is 1.32 bits per heavy atom. The molecule has 0 fully saturated rings. The van der Waals surface area contributed by atoms with Crippen LogP contribution < -0.4 is 5.14 Å². The highest BCUT2D eigenvalue weighted by molar-refractivity contribution is 7.89. The van der Waals surface area contributed by atoms with Crippen LogP contribution in [-0.4, -0.2) is 31.4 Å². The van der Waals surface area contributed by atoms with Crippen LogP contribution in [0.4, 0.5) is 0 Å². The molecule has 0 saturated carbocycles. The number of pyridine rings is 1. The second kappa shape index (κ2) is 5.28. The van der Waals surface area contributed by atoms with Crippen LogP contribution in [-0.2, 0) is 16.6 Å². The zero-order valence-corrected chi connectivity index (χ0v) is 11.8. The standard InChI is InChI=1S/C12H17N3O3S/c1-3-15(4-2)8-9-5-10-6-11(19(13,16)17)18-12(10)14-7-9/h5-7H,3-4,8H2,1-2H3,(H2,13,16,17). The Labute approximate surface area is 112 Å². The predicted molar refractivity (Wildman–Crippen MR) is 72.0 cm³/mol. The van der Waals surface area contributed by atoms with Gasteiger partial charge < -0.3 is 4.42 Å². The average molecular weight is 283 g/mol. The number of sulfonamides is 1. The molecule has 104 valence electrons. The molecule has 0 bridgehead atoms. The van der Waals surface area contributed by atoms with Crippen LogP contribution in [0.1, 0.15) is 19.4 Å². The lowest BCUT2D eigenvalue weighted by molar-refractivity contribution is 0.295. The SMILES string of the molecule is CCN(CC)Cc1cnc2oc(S(N)(=O)=O)cc2c1. The van der Waals surface area contributed by atoms with Crippen LogP contribution in [0.15, 0.2) is 27.8 Å². The molecule has 2 N–H and O–H groups in total. The molecule has 0 atom stereocenters. The average Bonchev–Trinajstić information content (AvgIpc) is 2.78. The Hall–Kier alpha value is -1.44. The van der Waals surface area contributed by atoms with E-state index in [0.29, 0.717) is 5.39 Å². The van der Waals surface area contributed by atoms with Crippen molar-refractivity contribution in [3.63, 3.8) is 0 Å². The summed E-state index contributed by atoms with van der Waals surface area (Å²) in [6.45, 7) is 6.84. The third-order valence-corrected chi connectivity index (χ3v) is 3.75. The van der Waals surface area contributed by atoms with Crippen molar-refractivity contribution in [2.75, 3.05) is 13.1 Å². The summed E-state index contributed by atoms with van der Waals surface area (Å²) < 4.78 is 27.5. The molecule has 0 saturated heterocycles. The minimum absolute atomic E-state index is 0.255. The van der Waals surface area contributed by atoms with Gasteiger partial charge in [-0.1, -0.05) is 13.8 Å². The number of hydrogen-bond acceptors (Lipinski definition) is 5. The van der Waals surface area contributed by atoms with Gasteiger partial charge in [0.25, 0.3) is 10.0 Å². The second-order valence-corrected chi connectivity index (χ2v) is 5.80. The number of nitrogens with two attached hydrogens (primary N) is 1. The molecule has 0 aromatic carbocycles. The minimum Gasteiger partial charge on any atom is -0.425 e. The van der Waals surface area contributed by atoms with Gasteiger partial charge in [0.05, 0.1) is 0 Å². The van der Waals surface area contributed by atoms with Gasteiger partial charge in [-0.25, -0.2) is 18.5 Å². The second-order valence-electron chi connectivity index (χ2n) is 4.31. The Kier molecular flexibility index (Phi) is 3.88. The summed E-state index contributed by atoms with van der Waals surface area (Å²) in [4.78, 5) is 6.36. The smallest absolute Gasteiger partial charge is 0.271 e. The zero-order valence-electron chi connectivity index (χ0n) is 11.0. The molecule has 19 heavy (non-hydrogen) atoms. The van der Waals surface area contributed by atoms with E-state index in [9.17, 15) is 8.42 Å². The van der Waals surface area contributed by atoms with Crippen molar-refractivity contribution in [2.45, 2.75) is 25.5 Å². The molecule has 0 amide bonds. The molecule has 0 aliphatic rings. The van der Waals surface area contributed by atoms with Crippen molar-refractivity contribution in [2.24, 2.45) is 5.14 Å². The highest BCUT2D eigenvalue weighted by atomic mass is 32.2. The Bertz CT molecular complexity index is 675. The Morgan fingerprint density at radius 3 is 2.58 bits per heavy atom. The highest BCUT2D eigenvalue weighted by Gasteiger charge is 2.15. The van der Waals surface area contributed by atoms with E-state index in [0.717, 1.165) is 25.2 Å². The lowest BCUT2D eigenvalue weighted by Gasteiger charge is -2.17. The van der Waals surface area contributed by atoms with E-state index < -0.39 is 10.0 Å². The van der Waals surface area contributed by atoms with Gasteiger partial charge in [-0.05, 0) is 24.7 Å². The van der Waals surface area contributed by atoms with Gasteiger partial charge in [-0.3, -0.25) is 4.90 Å². The van der Waals surface area contributed by atoms with Crippen LogP contribution in [0.2, 0.25) is 0 Å². The summed E-state index contributed by atoms with van der Waals surface area (Å²) in [6.07, 6.45) is 1.69. The fraction of sp³-hybridized carbons (Fsp3) is 0.417. The predicted octanol–water partition coefficient (Wildman–Crippen LogP) is 1.32. The van der Waals surface area contributed by atoms with Gasteiger partial charge in [0, 0.05) is 24.2 Å². The number of fused-ring (bicyclic) bond motifs is 1. The van der Waals surface area contributed by atoms with E-state index >= 15 is 0 Å². The fourth-order valence-electron chi connectivity index (χ4n) is 1.89. The van der Waals surface area contributed by atoms with Crippen LogP contribution in [0.3, 0.4) is 0 Å². The molecule has 0 spiro atoms. The molecular weight excluding hydrogens is 266 g/mol. The lowest BCUT2D eigenvalue weighted by atomic mass is 10.2. The normalized spacial score (nSPS) is 12.4. The Morgan fingerprint density at radius 2 is 2.00 bits per heavy atom. The lowest BCUT2D eigenvalue weighted by Crippen LogP contribution is -2.22. The molecule has 0 unspecified atom stereocenters. The van der Waals surface area contributed by atoms with Gasteiger partial charge in [0.15, 0.2) is 0 Å². The summed E-state index contributed by atoms with van der Waals surface area (Å²) >= 11 is 0. The quantitative estimate of drug-likeness (QED) is 0.893. The number of aromatic nitrogens is 1. The number of nitrogens with zero attached hydrogens (tertiary/aromatic N) is 2. The summed E-state index contributed by atoms with van der Waals surface area (Å²) in [7, 11) is -3.83. The summed E-state index contributed by atoms with van der Waals surface area (Å²) in [5.74, 6) is 0. The topological polar surface area (TPSA) is 89.4 Å². The van der Waals surface area contributed by atoms with Crippen LogP contribution >= 0.6 is 0 Å². The maximum Gasteiger partial charge on any atom is 0.271 e. The minimum atomic E-state index is -3.83. The van der Waals surface area contributed by atoms with Gasteiger partial charge in [-0.2, -0.15) is 0 Å². The van der Waals surface area contributed by atoms with E-state index in [-0.39, 0.29) is 10.8 Å². The third kappa shape index (κ3) is 3.12. The molecule has 2 aromatic rings. The number of rotatable bonds is 5. The van der Waals surface area contributed by atoms with Crippen molar-refractivity contribution in [1.82, 2.24) is 9.88 Å². The van der Waals surface area contributed by atoms with Crippen molar-refractivity contribution in [3.05, 3.63) is 23.9 Å². The molecule has 0 aliphatic heterocycles. The molecular formula is C12H17N3O3S. The summed E-state index contributed by atoms with van der Waals surface area (Å²) in [5.41, 5.74) is 1.30. The first-order valence-electron chi connectivity index (χ1n) is 6.07. The first kappa shape index (κ1) is 14.0. The molecule has 2 aromatic heterocycles. The third-order valence-electron chi connectivity index (χ3n) is 2.99. The van der Waals surface area contributed by atoms with Gasteiger partial charge in [-0.15, -0.1) is 0 Å². The molecule has 6 nitrogen and oxygen atoms in total. The zero-order chi connectivity index (χ0) is 14.0. The van der Waals surface area contributed by atoms with Gasteiger partial charge in [0.1, 0.15) is 0 Å². The number of hydrogen-bond donors (Lipinski definition) is 1. The fourth-order valence-corrected chi connectivity index (χ4v) is 2.37. The van der Waals surface area contributed by atoms with Crippen LogP contribution in [0.5, 0.6) is 0 Å². The van der Waals surface area contributed by atoms with E-state index in [2.05, 4.69) is 23.7 Å². The maximum absolute atomic E-state index is 11.2. The van der Waals surface area contributed by atoms with Crippen molar-refractivity contribution in [1.29, 1.82) is 0 Å². The van der Waals surface area contributed by atoms with E-state index in [1.807, 2.05) is 6.07 Å². The molecule has 7 heteroatoms. The largest absolute Gasteiger partial charge is 0.425 e. The highest BCUT2D eigenvalue weighted by Crippen LogP contribution is 2.21. The molecule has 0 aliphatic carbocycles. The maximum atomic E-state index is 11.2. The molecule has 2 heterocycles. The van der Waals surface area contributed by atoms with Crippen molar-refractivity contribution in [3.8, 4) is 0 Å². The first-order chi connectivity index (χ1) is 8.94. The van der Waals surface area contributed by atoms with Crippen molar-refractivity contribution < 1.29 is 12.8 Å². The van der Waals surface area contributed by atoms with E-state index in [1.54, 1.807) is 6.20 Å². The van der Waals surface area contributed by atoms with Crippen LogP contribution in [0.25, 0.3) is 11.1 Å². The van der Waals surface area contributed by atoms with Crippen molar-refractivity contribution >= 4 is 21.1 Å². The number of primary sulfonamides is 1. The van der Waals surface area contributed by atoms with E-state index in [1.165, 1.54) is 6.07 Å². The van der Waals surface area contributed by atoms with E-state index in [4.69, 9.17) is 9.56 Å². The summed E-state index contributed by atoms with van der Waals surface area (Å²) in [6, 6.07) is 3.28. The molecule has 2 rings (SSSR count).